The van der Waals surface area contributed by atoms with Crippen LogP contribution in [0.15, 0.2) is 83.0 Å². The molecule has 4 saturated carbocycles. The van der Waals surface area contributed by atoms with Crippen LogP contribution in [0.4, 0.5) is 15.8 Å². The van der Waals surface area contributed by atoms with Crippen LogP contribution in [0.5, 0.6) is 11.5 Å². The zero-order valence-electron chi connectivity index (χ0n) is 35.9. The summed E-state index contributed by atoms with van der Waals surface area (Å²) in [6.45, 7) is 11.8. The Morgan fingerprint density at radius 1 is 0.967 bits per heavy atom. The molecule has 13 heteroatoms. The summed E-state index contributed by atoms with van der Waals surface area (Å²) in [6.07, 6.45) is 14.7. The quantitative estimate of drug-likeness (QED) is 0.0705. The Morgan fingerprint density at radius 2 is 1.70 bits per heavy atom. The molecule has 10 rings (SSSR count). The number of hydrogen-bond acceptors (Lipinski definition) is 9. The van der Waals surface area contributed by atoms with E-state index in [2.05, 4.69) is 40.5 Å². The number of piperazine rings is 1. The van der Waals surface area contributed by atoms with Gasteiger partial charge < -0.3 is 19.4 Å². The molecule has 61 heavy (non-hydrogen) atoms. The topological polar surface area (TPSA) is 131 Å². The van der Waals surface area contributed by atoms with Crippen LogP contribution in [-0.4, -0.2) is 79.0 Å². The monoisotopic (exact) mass is 853 g/mol. The lowest BCUT2D eigenvalue weighted by Crippen LogP contribution is -2.63. The molecule has 5 fully saturated rings. The molecule has 1 N–H and O–H groups in total. The summed E-state index contributed by atoms with van der Waals surface area (Å²) in [7, 11) is -4.15. The number of rotatable bonds is 15. The van der Waals surface area contributed by atoms with Crippen LogP contribution in [0.3, 0.4) is 0 Å². The van der Waals surface area contributed by atoms with Gasteiger partial charge in [0.2, 0.25) is 0 Å². The van der Waals surface area contributed by atoms with Crippen molar-refractivity contribution >= 4 is 32.2 Å². The number of nitro benzene ring substituents is 1. The van der Waals surface area contributed by atoms with Gasteiger partial charge >= 0.3 is 5.69 Å². The number of ether oxygens (including phenoxy) is 2. The van der Waals surface area contributed by atoms with E-state index >= 15 is 4.39 Å². The Morgan fingerprint density at radius 3 is 2.41 bits per heavy atom. The summed E-state index contributed by atoms with van der Waals surface area (Å²) in [6, 6.07) is 15.1. The normalized spacial score (nSPS) is 25.4. The standard InChI is InChI=1S/C48H60FN5O6S/c1-4-46-30-47(31-46,32-46)40-26-45(2,3)18-14-36(40)28-52-20-22-53(23-21-52)37-10-8-34(9-11-37)43(60-38-24-35-15-19-50-44(35)51-27-38)29-61(57,58)39-12-13-42(41(25-39)54(55)56)59-33-48(49)16-6-5-7-17-48/h8-13,15,19,24-25,27,43H,4-7,14,16-18,20-23,26,28-33H2,1-3H3,(H,50,51). The van der Waals surface area contributed by atoms with Crippen LogP contribution in [0, 0.1) is 26.4 Å². The molecule has 2 bridgehead atoms. The van der Waals surface area contributed by atoms with Gasteiger partial charge in [0.1, 0.15) is 29.8 Å². The van der Waals surface area contributed by atoms with Gasteiger partial charge in [0.15, 0.2) is 15.6 Å². The Labute approximate surface area is 359 Å². The van der Waals surface area contributed by atoms with Gasteiger partial charge in [-0.05, 0) is 110 Å². The Bertz CT molecular complexity index is 2400. The first kappa shape index (κ1) is 41.8. The van der Waals surface area contributed by atoms with Crippen molar-refractivity contribution in [2.45, 2.75) is 114 Å². The highest BCUT2D eigenvalue weighted by Gasteiger charge is 2.68. The molecule has 6 aliphatic rings. The lowest BCUT2D eigenvalue weighted by molar-refractivity contribution is -0.386. The van der Waals surface area contributed by atoms with Crippen LogP contribution in [0.25, 0.3) is 11.0 Å². The molecule has 0 spiro atoms. The molecule has 0 amide bonds. The number of sulfone groups is 1. The summed E-state index contributed by atoms with van der Waals surface area (Å²) in [5, 5.41) is 13.0. The van der Waals surface area contributed by atoms with Crippen molar-refractivity contribution in [3.63, 3.8) is 0 Å². The number of aromatic nitrogens is 2. The van der Waals surface area contributed by atoms with Gasteiger partial charge in [0, 0.05) is 56.1 Å². The number of nitrogens with zero attached hydrogens (tertiary/aromatic N) is 4. The molecule has 1 unspecified atom stereocenters. The van der Waals surface area contributed by atoms with Crippen molar-refractivity contribution in [2.75, 3.05) is 50.0 Å². The van der Waals surface area contributed by atoms with E-state index in [1.165, 1.54) is 57.1 Å². The van der Waals surface area contributed by atoms with Crippen molar-refractivity contribution in [1.29, 1.82) is 0 Å². The summed E-state index contributed by atoms with van der Waals surface area (Å²) in [5.41, 5.74) is 5.34. The van der Waals surface area contributed by atoms with E-state index in [4.69, 9.17) is 9.47 Å². The maximum absolute atomic E-state index is 15.3. The SMILES string of the molecule is CCC12CC(C3=C(CN4CCN(c5ccc(C(CS(=O)(=O)c6ccc(OCC7(F)CCCCC7)c([N+](=O)[O-])c6)Oc6cnc7[nH]ccc7c6)cc5)CC4)CCC(C)(C)C3)(C1)C2. The number of alkyl halides is 1. The molecule has 5 aliphatic carbocycles. The number of hydrogen-bond donors (Lipinski definition) is 1. The Balaban J connectivity index is 0.898. The number of aromatic amines is 1. The molecule has 2 aromatic heterocycles. The van der Waals surface area contributed by atoms with Crippen molar-refractivity contribution in [3.05, 3.63) is 93.8 Å². The number of H-pyrrole nitrogens is 1. The van der Waals surface area contributed by atoms with Crippen LogP contribution in [-0.2, 0) is 9.84 Å². The fourth-order valence-corrected chi connectivity index (χ4v) is 12.6. The second-order valence-corrected chi connectivity index (χ2v) is 21.8. The predicted octanol–water partition coefficient (Wildman–Crippen LogP) is 10.3. The molecule has 4 aromatic rings. The molecule has 2 aromatic carbocycles. The van der Waals surface area contributed by atoms with Crippen LogP contribution < -0.4 is 14.4 Å². The van der Waals surface area contributed by atoms with Gasteiger partial charge in [0.05, 0.1) is 21.8 Å². The summed E-state index contributed by atoms with van der Waals surface area (Å²) < 4.78 is 55.6. The van der Waals surface area contributed by atoms with E-state index < -0.39 is 38.0 Å². The van der Waals surface area contributed by atoms with Gasteiger partial charge in [0.25, 0.3) is 0 Å². The molecule has 11 nitrogen and oxygen atoms in total. The third-order valence-electron chi connectivity index (χ3n) is 14.9. The highest BCUT2D eigenvalue weighted by Crippen LogP contribution is 2.79. The van der Waals surface area contributed by atoms with E-state index in [9.17, 15) is 18.5 Å². The lowest BCUT2D eigenvalue weighted by atomic mass is 9.31. The van der Waals surface area contributed by atoms with Crippen molar-refractivity contribution < 1.29 is 27.2 Å². The number of halogens is 1. The fourth-order valence-electron chi connectivity index (χ4n) is 11.2. The molecule has 0 radical (unpaired) electrons. The van der Waals surface area contributed by atoms with Gasteiger partial charge in [-0.2, -0.15) is 0 Å². The van der Waals surface area contributed by atoms with Crippen LogP contribution >= 0.6 is 0 Å². The smallest absolute Gasteiger partial charge is 0.312 e. The number of anilines is 1. The first-order chi connectivity index (χ1) is 29.1. The van der Waals surface area contributed by atoms with Gasteiger partial charge in [-0.1, -0.05) is 69.7 Å². The summed E-state index contributed by atoms with van der Waals surface area (Å²) in [4.78, 5) is 23.8. The highest BCUT2D eigenvalue weighted by atomic mass is 32.2. The van der Waals surface area contributed by atoms with Crippen molar-refractivity contribution in [2.24, 2.45) is 16.2 Å². The predicted molar refractivity (Wildman–Crippen MR) is 236 cm³/mol. The third-order valence-corrected chi connectivity index (χ3v) is 16.6. The van der Waals surface area contributed by atoms with Crippen LogP contribution in [0.1, 0.15) is 109 Å². The average Bonchev–Trinajstić information content (AvgIpc) is 3.69. The largest absolute Gasteiger partial charge is 0.483 e. The second kappa shape index (κ2) is 16.0. The van der Waals surface area contributed by atoms with E-state index in [0.29, 0.717) is 46.0 Å². The van der Waals surface area contributed by atoms with E-state index in [1.807, 2.05) is 35.9 Å². The molecule has 1 aliphatic heterocycles. The van der Waals surface area contributed by atoms with E-state index in [1.54, 1.807) is 24.0 Å². The van der Waals surface area contributed by atoms with Crippen LogP contribution in [0.2, 0.25) is 0 Å². The number of fused-ring (bicyclic) bond motifs is 1. The molecule has 1 saturated heterocycles. The van der Waals surface area contributed by atoms with Gasteiger partial charge in [-0.25, -0.2) is 17.8 Å². The van der Waals surface area contributed by atoms with Gasteiger partial charge in [-0.15, -0.1) is 0 Å². The zero-order valence-corrected chi connectivity index (χ0v) is 36.7. The summed E-state index contributed by atoms with van der Waals surface area (Å²) >= 11 is 0. The Hall–Kier alpha value is -4.49. The minimum absolute atomic E-state index is 0.156. The second-order valence-electron chi connectivity index (χ2n) is 19.8. The summed E-state index contributed by atoms with van der Waals surface area (Å²) in [5.74, 6) is -0.253. The maximum atomic E-state index is 15.3. The number of nitro groups is 1. The molecular weight excluding hydrogens is 794 g/mol. The molecule has 326 valence electrons. The Kier molecular flexibility index (Phi) is 11.0. The first-order valence-electron chi connectivity index (χ1n) is 22.4. The zero-order chi connectivity index (χ0) is 42.6. The number of pyridine rings is 1. The number of nitrogens with one attached hydrogen (secondary N) is 1. The molecule has 1 atom stereocenters. The van der Waals surface area contributed by atoms with E-state index in [0.717, 1.165) is 69.1 Å². The van der Waals surface area contributed by atoms with Gasteiger partial charge in [-0.3, -0.25) is 15.0 Å². The fraction of sp³-hybridized carbons (Fsp3) is 0.562. The molecular formula is C48H60FN5O6S. The highest BCUT2D eigenvalue weighted by molar-refractivity contribution is 7.91. The minimum Gasteiger partial charge on any atom is -0.483 e. The number of allylic oxidation sites excluding steroid dienone is 1. The van der Waals surface area contributed by atoms with Crippen molar-refractivity contribution in [3.8, 4) is 11.5 Å². The maximum Gasteiger partial charge on any atom is 0.312 e. The number of benzene rings is 2. The minimum atomic E-state index is -4.15. The van der Waals surface area contributed by atoms with Crippen molar-refractivity contribution in [1.82, 2.24) is 14.9 Å². The average molecular weight is 854 g/mol. The molecule has 3 heterocycles. The first-order valence-corrected chi connectivity index (χ1v) is 24.0. The third kappa shape index (κ3) is 8.53. The lowest BCUT2D eigenvalue weighted by Gasteiger charge is -2.73. The van der Waals surface area contributed by atoms with E-state index in [-0.39, 0.29) is 17.3 Å².